The van der Waals surface area contributed by atoms with Crippen molar-refractivity contribution in [1.82, 2.24) is 10.6 Å². The molecule has 0 spiro atoms. The Labute approximate surface area is 138 Å². The number of carbonyl (C=O) groups is 1. The van der Waals surface area contributed by atoms with Gasteiger partial charge in [-0.25, -0.2) is 0 Å². The molecule has 1 amide bonds. The average molecular weight is 320 g/mol. The zero-order valence-corrected chi connectivity index (χ0v) is 14.2. The third kappa shape index (κ3) is 5.22. The Balaban J connectivity index is 1.82. The van der Waals surface area contributed by atoms with Crippen LogP contribution < -0.4 is 15.4 Å². The molecule has 1 saturated heterocycles. The highest BCUT2D eigenvalue weighted by molar-refractivity contribution is 5.77. The van der Waals surface area contributed by atoms with Crippen molar-refractivity contribution in [3.05, 3.63) is 29.8 Å². The number of methoxy groups -OCH3 is 1. The van der Waals surface area contributed by atoms with Gasteiger partial charge in [0.2, 0.25) is 0 Å². The van der Waals surface area contributed by atoms with Crippen molar-refractivity contribution in [3.8, 4) is 5.75 Å². The lowest BCUT2D eigenvalue weighted by molar-refractivity contribution is -0.124. The Kier molecular flexibility index (Phi) is 6.86. The molecule has 5 nitrogen and oxygen atoms in total. The van der Waals surface area contributed by atoms with Crippen molar-refractivity contribution < 1.29 is 14.3 Å². The van der Waals surface area contributed by atoms with Crippen LogP contribution in [0.3, 0.4) is 0 Å². The number of hydrogen-bond acceptors (Lipinski definition) is 4. The number of rotatable bonds is 8. The van der Waals surface area contributed by atoms with Gasteiger partial charge in [-0.2, -0.15) is 0 Å². The van der Waals surface area contributed by atoms with Crippen LogP contribution >= 0.6 is 0 Å². The van der Waals surface area contributed by atoms with Crippen LogP contribution in [0.4, 0.5) is 0 Å². The third-order valence-electron chi connectivity index (χ3n) is 4.49. The smallest absolute Gasteiger partial charge is 0.257 e. The van der Waals surface area contributed by atoms with Gasteiger partial charge in [-0.05, 0) is 44.0 Å². The number of para-hydroxylation sites is 1. The number of hydrogen-bond donors (Lipinski definition) is 2. The molecular weight excluding hydrogens is 292 g/mol. The van der Waals surface area contributed by atoms with Gasteiger partial charge in [-0.3, -0.25) is 4.79 Å². The van der Waals surface area contributed by atoms with Crippen LogP contribution in [0.15, 0.2) is 24.3 Å². The van der Waals surface area contributed by atoms with Crippen molar-refractivity contribution in [2.24, 2.45) is 5.41 Å². The van der Waals surface area contributed by atoms with Gasteiger partial charge < -0.3 is 20.1 Å². The number of aryl methyl sites for hydroxylation is 1. The van der Waals surface area contributed by atoms with Gasteiger partial charge in [0.25, 0.3) is 5.91 Å². The lowest BCUT2D eigenvalue weighted by Gasteiger charge is -2.37. The maximum absolute atomic E-state index is 12.1. The van der Waals surface area contributed by atoms with E-state index in [9.17, 15) is 4.79 Å². The van der Waals surface area contributed by atoms with Crippen molar-refractivity contribution in [1.29, 1.82) is 0 Å². The summed E-state index contributed by atoms with van der Waals surface area (Å²) >= 11 is 0. The minimum Gasteiger partial charge on any atom is -0.483 e. The first-order valence-corrected chi connectivity index (χ1v) is 8.36. The van der Waals surface area contributed by atoms with Crippen LogP contribution in [0.1, 0.15) is 25.3 Å². The summed E-state index contributed by atoms with van der Waals surface area (Å²) in [6.45, 7) is 5.39. The largest absolute Gasteiger partial charge is 0.483 e. The van der Waals surface area contributed by atoms with Gasteiger partial charge in [0.1, 0.15) is 5.75 Å². The molecule has 0 unspecified atom stereocenters. The normalized spacial score (nSPS) is 16.8. The van der Waals surface area contributed by atoms with E-state index in [2.05, 4.69) is 17.6 Å². The molecule has 1 aliphatic heterocycles. The third-order valence-corrected chi connectivity index (χ3v) is 4.49. The van der Waals surface area contributed by atoms with Gasteiger partial charge in [0, 0.05) is 19.1 Å². The average Bonchev–Trinajstić information content (AvgIpc) is 2.59. The second-order valence-corrected chi connectivity index (χ2v) is 6.21. The number of piperidine rings is 1. The standard InChI is InChI=1S/C18H28N2O3/c1-3-15-6-4-5-7-16(15)23-12-17(21)20-13-18(14-22-2)8-10-19-11-9-18/h4-7,19H,3,8-14H2,1-2H3,(H,20,21). The molecule has 1 aromatic carbocycles. The number of benzene rings is 1. The van der Waals surface area contributed by atoms with Crippen LogP contribution in [-0.2, 0) is 16.0 Å². The van der Waals surface area contributed by atoms with Crippen molar-refractivity contribution in [2.75, 3.05) is 40.0 Å². The Morgan fingerprint density at radius 3 is 2.74 bits per heavy atom. The van der Waals surface area contributed by atoms with Gasteiger partial charge in [0.05, 0.1) is 6.61 Å². The number of ether oxygens (including phenoxy) is 2. The fourth-order valence-corrected chi connectivity index (χ4v) is 3.05. The van der Waals surface area contributed by atoms with Crippen LogP contribution in [0, 0.1) is 5.41 Å². The SMILES string of the molecule is CCc1ccccc1OCC(=O)NCC1(COC)CCNCC1. The summed E-state index contributed by atoms with van der Waals surface area (Å²) in [6.07, 6.45) is 2.92. The molecule has 5 heteroatoms. The molecule has 2 N–H and O–H groups in total. The molecule has 0 aromatic heterocycles. The molecule has 1 fully saturated rings. The molecule has 0 aliphatic carbocycles. The van der Waals surface area contributed by atoms with Crippen molar-refractivity contribution in [3.63, 3.8) is 0 Å². The van der Waals surface area contributed by atoms with Crippen LogP contribution in [0.2, 0.25) is 0 Å². The Hall–Kier alpha value is -1.59. The predicted octanol–water partition coefficient (Wildman–Crippen LogP) is 1.76. The summed E-state index contributed by atoms with van der Waals surface area (Å²) in [5.41, 5.74) is 1.16. The molecule has 0 bridgehead atoms. The van der Waals surface area contributed by atoms with Gasteiger partial charge >= 0.3 is 0 Å². The fourth-order valence-electron chi connectivity index (χ4n) is 3.05. The van der Waals surface area contributed by atoms with E-state index in [1.54, 1.807) is 7.11 Å². The second-order valence-electron chi connectivity index (χ2n) is 6.21. The highest BCUT2D eigenvalue weighted by Crippen LogP contribution is 2.28. The van der Waals surface area contributed by atoms with Gasteiger partial charge in [-0.1, -0.05) is 25.1 Å². The highest BCUT2D eigenvalue weighted by atomic mass is 16.5. The molecule has 0 atom stereocenters. The molecule has 2 rings (SSSR count). The fraction of sp³-hybridized carbons (Fsp3) is 0.611. The monoisotopic (exact) mass is 320 g/mol. The number of carbonyl (C=O) groups excluding carboxylic acids is 1. The van der Waals surface area contributed by atoms with Crippen LogP contribution in [-0.4, -0.2) is 45.9 Å². The quantitative estimate of drug-likeness (QED) is 0.766. The summed E-state index contributed by atoms with van der Waals surface area (Å²) in [7, 11) is 1.72. The number of nitrogens with one attached hydrogen (secondary N) is 2. The Morgan fingerprint density at radius 1 is 1.30 bits per heavy atom. The lowest BCUT2D eigenvalue weighted by atomic mass is 9.79. The second kappa shape index (κ2) is 8.89. The topological polar surface area (TPSA) is 59.6 Å². The van der Waals surface area contributed by atoms with E-state index >= 15 is 0 Å². The summed E-state index contributed by atoms with van der Waals surface area (Å²) in [6, 6.07) is 7.84. The van der Waals surface area contributed by atoms with E-state index in [4.69, 9.17) is 9.47 Å². The van der Waals surface area contributed by atoms with Crippen molar-refractivity contribution >= 4 is 5.91 Å². The molecular formula is C18H28N2O3. The first-order chi connectivity index (χ1) is 11.2. The number of amides is 1. The summed E-state index contributed by atoms with van der Waals surface area (Å²) < 4.78 is 11.0. The maximum Gasteiger partial charge on any atom is 0.257 e. The van der Waals surface area contributed by atoms with E-state index in [0.717, 1.165) is 43.7 Å². The maximum atomic E-state index is 12.1. The minimum absolute atomic E-state index is 0.0387. The molecule has 23 heavy (non-hydrogen) atoms. The Bertz CT molecular complexity index is 493. The Morgan fingerprint density at radius 2 is 2.04 bits per heavy atom. The molecule has 0 saturated carbocycles. The van der Waals surface area contributed by atoms with Crippen molar-refractivity contribution in [2.45, 2.75) is 26.2 Å². The van der Waals surface area contributed by atoms with E-state index in [1.807, 2.05) is 24.3 Å². The molecule has 128 valence electrons. The lowest BCUT2D eigenvalue weighted by Crippen LogP contribution is -2.47. The predicted molar refractivity (Wildman–Crippen MR) is 90.7 cm³/mol. The van der Waals surface area contributed by atoms with E-state index in [0.29, 0.717) is 13.2 Å². The summed E-state index contributed by atoms with van der Waals surface area (Å²) in [5, 5.41) is 6.37. The molecule has 1 aromatic rings. The zero-order valence-electron chi connectivity index (χ0n) is 14.2. The molecule has 1 heterocycles. The minimum atomic E-state index is -0.0788. The van der Waals surface area contributed by atoms with E-state index in [1.165, 1.54) is 0 Å². The summed E-state index contributed by atoms with van der Waals surface area (Å²) in [4.78, 5) is 12.1. The first kappa shape index (κ1) is 17.8. The van der Waals surface area contributed by atoms with E-state index in [-0.39, 0.29) is 17.9 Å². The van der Waals surface area contributed by atoms with Gasteiger partial charge in [0.15, 0.2) is 6.61 Å². The first-order valence-electron chi connectivity index (χ1n) is 8.36. The zero-order chi connectivity index (χ0) is 16.5. The van der Waals surface area contributed by atoms with Gasteiger partial charge in [-0.15, -0.1) is 0 Å². The van der Waals surface area contributed by atoms with Crippen LogP contribution in [0.25, 0.3) is 0 Å². The highest BCUT2D eigenvalue weighted by Gasteiger charge is 2.32. The molecule has 1 aliphatic rings. The summed E-state index contributed by atoms with van der Waals surface area (Å²) in [5.74, 6) is 0.712. The molecule has 0 radical (unpaired) electrons. The van der Waals surface area contributed by atoms with Crippen LogP contribution in [0.5, 0.6) is 5.75 Å². The van der Waals surface area contributed by atoms with E-state index < -0.39 is 0 Å².